The van der Waals surface area contributed by atoms with Crippen LogP contribution in [0.3, 0.4) is 0 Å². The van der Waals surface area contributed by atoms with E-state index in [1.54, 1.807) is 6.92 Å². The van der Waals surface area contributed by atoms with Crippen molar-refractivity contribution in [3.63, 3.8) is 0 Å². The van der Waals surface area contributed by atoms with Gasteiger partial charge in [-0.25, -0.2) is 0 Å². The van der Waals surface area contributed by atoms with E-state index in [-0.39, 0.29) is 6.61 Å². The van der Waals surface area contributed by atoms with Crippen LogP contribution in [0.1, 0.15) is 6.92 Å². The number of benzene rings is 1. The first-order chi connectivity index (χ1) is 4.81. The van der Waals surface area contributed by atoms with Gasteiger partial charge < -0.3 is 5.11 Å². The first-order valence-electron chi connectivity index (χ1n) is 3.22. The van der Waals surface area contributed by atoms with Gasteiger partial charge in [-0.1, -0.05) is 30.3 Å². The summed E-state index contributed by atoms with van der Waals surface area (Å²) >= 11 is 0. The number of aliphatic hydroxyl groups is 1. The minimum Gasteiger partial charge on any atom is -0.397 e. The van der Waals surface area contributed by atoms with E-state index in [1.807, 2.05) is 30.3 Å². The normalized spacial score (nSPS) is 7.90. The van der Waals surface area contributed by atoms with E-state index in [9.17, 15) is 0 Å². The van der Waals surface area contributed by atoms with Gasteiger partial charge in [-0.05, 0) is 12.2 Å². The lowest BCUT2D eigenvalue weighted by molar-refractivity contribution is 0.318. The number of hydrogen-bond donors (Lipinski definition) is 1. The van der Waals surface area contributed by atoms with Crippen LogP contribution in [0.2, 0.25) is 0 Å². The zero-order valence-electron chi connectivity index (χ0n) is 6.12. The van der Waals surface area contributed by atoms with Crippen LogP contribution in [0, 0.1) is 0 Å². The zero-order valence-corrected chi connectivity index (χ0v) is 7.27. The Balaban J connectivity index is 0.000000236. The molecular weight excluding hydrogens is 143 g/mol. The molecule has 0 amide bonds. The molecule has 10 heavy (non-hydrogen) atoms. The van der Waals surface area contributed by atoms with Gasteiger partial charge >= 0.3 is 0 Å². The smallest absolute Gasteiger partial charge is 0.0402 e. The fraction of sp³-hybridized carbons (Fsp3) is 0.250. The van der Waals surface area contributed by atoms with Gasteiger partial charge in [0.25, 0.3) is 0 Å². The van der Waals surface area contributed by atoms with E-state index in [1.165, 1.54) is 5.30 Å². The molecule has 1 nitrogen and oxygen atoms in total. The second-order valence-corrected chi connectivity index (χ2v) is 2.39. The highest BCUT2D eigenvalue weighted by Crippen LogP contribution is 1.86. The van der Waals surface area contributed by atoms with Gasteiger partial charge in [-0.15, -0.1) is 9.24 Å². The summed E-state index contributed by atoms with van der Waals surface area (Å²) in [7, 11) is 2.63. The Bertz CT molecular complexity index is 151. The zero-order chi connectivity index (χ0) is 7.82. The molecule has 0 aliphatic rings. The van der Waals surface area contributed by atoms with E-state index >= 15 is 0 Å². The third-order valence-corrected chi connectivity index (χ3v) is 1.18. The van der Waals surface area contributed by atoms with E-state index in [2.05, 4.69) is 9.24 Å². The molecule has 0 heterocycles. The summed E-state index contributed by atoms with van der Waals surface area (Å²) in [6.45, 7) is 1.93. The van der Waals surface area contributed by atoms with Gasteiger partial charge in [0.15, 0.2) is 0 Å². The van der Waals surface area contributed by atoms with E-state index in [0.29, 0.717) is 0 Å². The molecule has 0 saturated heterocycles. The molecule has 1 atom stereocenters. The van der Waals surface area contributed by atoms with Gasteiger partial charge in [-0.2, -0.15) is 0 Å². The largest absolute Gasteiger partial charge is 0.397 e. The summed E-state index contributed by atoms with van der Waals surface area (Å²) in [5, 5.41) is 8.81. The van der Waals surface area contributed by atoms with Crippen LogP contribution in [-0.4, -0.2) is 11.7 Å². The summed E-state index contributed by atoms with van der Waals surface area (Å²) in [5.41, 5.74) is 0. The van der Waals surface area contributed by atoms with Gasteiger partial charge in [-0.3, -0.25) is 0 Å². The van der Waals surface area contributed by atoms with Crippen molar-refractivity contribution < 1.29 is 5.11 Å². The second-order valence-electron chi connectivity index (χ2n) is 1.73. The molecule has 1 aromatic carbocycles. The Kier molecular flexibility index (Phi) is 6.46. The van der Waals surface area contributed by atoms with Gasteiger partial charge in [0.1, 0.15) is 0 Å². The van der Waals surface area contributed by atoms with E-state index in [4.69, 9.17) is 5.11 Å². The maximum Gasteiger partial charge on any atom is 0.0402 e. The summed E-state index contributed by atoms with van der Waals surface area (Å²) in [6, 6.07) is 10.1. The Morgan fingerprint density at radius 3 is 1.90 bits per heavy atom. The number of hydrogen-bond acceptors (Lipinski definition) is 1. The summed E-state index contributed by atoms with van der Waals surface area (Å²) in [4.78, 5) is 0. The molecule has 1 N–H and O–H groups in total. The Morgan fingerprint density at radius 1 is 1.30 bits per heavy atom. The van der Waals surface area contributed by atoms with Crippen molar-refractivity contribution in [3.8, 4) is 0 Å². The molecule has 0 saturated carbocycles. The predicted molar refractivity (Wildman–Crippen MR) is 48.5 cm³/mol. The SMILES string of the molecule is CCO.Pc1ccccc1. The Hall–Kier alpha value is -0.390. The van der Waals surface area contributed by atoms with Gasteiger partial charge in [0, 0.05) is 6.61 Å². The second kappa shape index (κ2) is 6.73. The van der Waals surface area contributed by atoms with Crippen molar-refractivity contribution in [2.45, 2.75) is 6.92 Å². The molecular formula is C8H13OP. The molecule has 0 aliphatic heterocycles. The molecule has 56 valence electrons. The van der Waals surface area contributed by atoms with Crippen molar-refractivity contribution in [1.82, 2.24) is 0 Å². The summed E-state index contributed by atoms with van der Waals surface area (Å²) in [5.74, 6) is 0. The lowest BCUT2D eigenvalue weighted by Crippen LogP contribution is -1.82. The Labute approximate surface area is 64.3 Å². The summed E-state index contributed by atoms with van der Waals surface area (Å²) < 4.78 is 0. The summed E-state index contributed by atoms with van der Waals surface area (Å²) in [6.07, 6.45) is 0. The molecule has 1 rings (SSSR count). The van der Waals surface area contributed by atoms with Crippen molar-refractivity contribution in [1.29, 1.82) is 0 Å². The van der Waals surface area contributed by atoms with Crippen LogP contribution in [0.25, 0.3) is 0 Å². The molecule has 0 bridgehead atoms. The molecule has 0 spiro atoms. The third-order valence-electron chi connectivity index (χ3n) is 0.800. The van der Waals surface area contributed by atoms with E-state index < -0.39 is 0 Å². The highest BCUT2D eigenvalue weighted by Gasteiger charge is 1.72. The Morgan fingerprint density at radius 2 is 1.70 bits per heavy atom. The fourth-order valence-electron chi connectivity index (χ4n) is 0.453. The molecule has 0 fully saturated rings. The average molecular weight is 156 g/mol. The monoisotopic (exact) mass is 156 g/mol. The lowest BCUT2D eigenvalue weighted by atomic mass is 10.4. The highest BCUT2D eigenvalue weighted by atomic mass is 31.0. The van der Waals surface area contributed by atoms with Crippen LogP contribution >= 0.6 is 9.24 Å². The minimum atomic E-state index is 0.250. The van der Waals surface area contributed by atoms with E-state index in [0.717, 1.165) is 0 Å². The van der Waals surface area contributed by atoms with Crippen molar-refractivity contribution in [2.24, 2.45) is 0 Å². The van der Waals surface area contributed by atoms with Gasteiger partial charge in [0.2, 0.25) is 0 Å². The van der Waals surface area contributed by atoms with Gasteiger partial charge in [0.05, 0.1) is 0 Å². The molecule has 2 heteroatoms. The number of aliphatic hydroxyl groups excluding tert-OH is 1. The topological polar surface area (TPSA) is 20.2 Å². The maximum atomic E-state index is 7.57. The molecule has 0 aromatic heterocycles. The minimum absolute atomic E-state index is 0.250. The van der Waals surface area contributed by atoms with Crippen LogP contribution in [0.4, 0.5) is 0 Å². The first kappa shape index (κ1) is 9.61. The molecule has 0 aliphatic carbocycles. The average Bonchev–Trinajstić information content (AvgIpc) is 1.91. The third kappa shape index (κ3) is 5.74. The molecule has 1 aromatic rings. The standard InChI is InChI=1S/C6H7P.C2H6O/c7-6-4-2-1-3-5-6;1-2-3/h1-5H,7H2;3H,2H2,1H3. The number of rotatable bonds is 0. The maximum absolute atomic E-state index is 7.57. The fourth-order valence-corrected chi connectivity index (χ4v) is 0.675. The molecule has 0 radical (unpaired) electrons. The predicted octanol–water partition coefficient (Wildman–Crippen LogP) is 1.19. The highest BCUT2D eigenvalue weighted by molar-refractivity contribution is 7.27. The van der Waals surface area contributed by atoms with Crippen molar-refractivity contribution >= 4 is 14.5 Å². The molecule has 1 unspecified atom stereocenters. The van der Waals surface area contributed by atoms with Crippen molar-refractivity contribution in [3.05, 3.63) is 30.3 Å². The van der Waals surface area contributed by atoms with Crippen molar-refractivity contribution in [2.75, 3.05) is 6.61 Å². The lowest BCUT2D eigenvalue weighted by Gasteiger charge is -1.82. The van der Waals surface area contributed by atoms with Crippen LogP contribution < -0.4 is 5.30 Å². The quantitative estimate of drug-likeness (QED) is 0.559. The first-order valence-corrected chi connectivity index (χ1v) is 3.80. The van der Waals surface area contributed by atoms with Crippen LogP contribution in [-0.2, 0) is 0 Å². The van der Waals surface area contributed by atoms with Crippen LogP contribution in [0.5, 0.6) is 0 Å². The van der Waals surface area contributed by atoms with Crippen LogP contribution in [0.15, 0.2) is 30.3 Å².